The first-order valence-electron chi connectivity index (χ1n) is 13.3. The van der Waals surface area contributed by atoms with Crippen molar-refractivity contribution < 1.29 is 31.4 Å². The highest BCUT2D eigenvalue weighted by Crippen LogP contribution is 2.59. The molecule has 6 nitrogen and oxygen atoms in total. The topological polar surface area (TPSA) is 76.2 Å². The van der Waals surface area contributed by atoms with Gasteiger partial charge in [-0.15, -0.1) is 0 Å². The van der Waals surface area contributed by atoms with Crippen LogP contribution in [0.3, 0.4) is 0 Å². The molecule has 5 rings (SSSR count). The number of fused-ring (bicyclic) bond motifs is 1. The maximum Gasteiger partial charge on any atom is 0.417 e. The van der Waals surface area contributed by atoms with Crippen molar-refractivity contribution in [1.82, 2.24) is 9.97 Å². The molecule has 0 amide bonds. The number of hydrogen-bond donors (Lipinski definition) is 2. The minimum Gasteiger partial charge on any atom is -0.493 e. The molecule has 1 aliphatic rings. The minimum atomic E-state index is -4.81. The zero-order chi connectivity index (χ0) is 30.6. The summed E-state index contributed by atoms with van der Waals surface area (Å²) in [6.07, 6.45) is -4.71. The third-order valence-electron chi connectivity index (χ3n) is 8.41. The van der Waals surface area contributed by atoms with Crippen molar-refractivity contribution in [3.63, 3.8) is 0 Å². The largest absolute Gasteiger partial charge is 0.493 e. The lowest BCUT2D eigenvalue weighted by atomic mass is 9.76. The lowest BCUT2D eigenvalue weighted by Crippen LogP contribution is -2.46. The number of pyridine rings is 2. The summed E-state index contributed by atoms with van der Waals surface area (Å²) in [5.74, 6) is -5.16. The molecule has 11 heteroatoms. The highest BCUT2D eigenvalue weighted by molar-refractivity contribution is 5.88. The van der Waals surface area contributed by atoms with Crippen molar-refractivity contribution in [2.75, 3.05) is 12.4 Å². The van der Waals surface area contributed by atoms with Crippen molar-refractivity contribution in [2.24, 2.45) is 5.92 Å². The smallest absolute Gasteiger partial charge is 0.417 e. The Morgan fingerprint density at radius 1 is 1.10 bits per heavy atom. The molecule has 4 aromatic rings. The van der Waals surface area contributed by atoms with Gasteiger partial charge in [0.1, 0.15) is 11.9 Å². The molecular weight excluding hydrogens is 557 g/mol. The second kappa shape index (κ2) is 10.7. The van der Waals surface area contributed by atoms with Gasteiger partial charge in [-0.1, -0.05) is 31.2 Å². The molecule has 4 atom stereocenters. The molecule has 0 aliphatic carbocycles. The number of aromatic amines is 1. The molecule has 0 bridgehead atoms. The quantitative estimate of drug-likeness (QED) is 0.233. The van der Waals surface area contributed by atoms with E-state index in [1.165, 1.54) is 31.3 Å². The van der Waals surface area contributed by atoms with E-state index in [1.807, 2.05) is 32.0 Å². The molecule has 2 aromatic carbocycles. The van der Waals surface area contributed by atoms with Crippen LogP contribution in [0.2, 0.25) is 0 Å². The lowest BCUT2D eigenvalue weighted by molar-refractivity contribution is -0.275. The van der Waals surface area contributed by atoms with Gasteiger partial charge in [0.15, 0.2) is 22.6 Å². The molecule has 3 heterocycles. The van der Waals surface area contributed by atoms with Crippen molar-refractivity contribution in [1.29, 1.82) is 0 Å². The monoisotopic (exact) mass is 587 g/mol. The number of nitrogens with one attached hydrogen (secondary N) is 2. The average Bonchev–Trinajstić information content (AvgIpc) is 3.22. The minimum absolute atomic E-state index is 0.00621. The summed E-state index contributed by atoms with van der Waals surface area (Å²) in [7, 11) is 1.11. The van der Waals surface area contributed by atoms with Crippen LogP contribution in [-0.4, -0.2) is 28.9 Å². The SMILES string of the molecule is COc1c([C@H]2[C@H](c3cc(=O)c4c(NCc5ccc(C)c(C)c5)nccc4[nH]3)O[C@@](C)(C(F)(F)F)[C@H]2C)ccc(F)c1F. The van der Waals surface area contributed by atoms with E-state index in [2.05, 4.69) is 15.3 Å². The van der Waals surface area contributed by atoms with Crippen LogP contribution in [0, 0.1) is 31.4 Å². The molecule has 222 valence electrons. The summed E-state index contributed by atoms with van der Waals surface area (Å²) in [4.78, 5) is 20.9. The van der Waals surface area contributed by atoms with Crippen LogP contribution in [0.4, 0.5) is 27.8 Å². The van der Waals surface area contributed by atoms with Gasteiger partial charge in [0.25, 0.3) is 0 Å². The number of benzene rings is 2. The zero-order valence-electron chi connectivity index (χ0n) is 23.6. The summed E-state index contributed by atoms with van der Waals surface area (Å²) in [6.45, 7) is 6.64. The molecule has 1 saturated heterocycles. The number of ether oxygens (including phenoxy) is 2. The predicted octanol–water partition coefficient (Wildman–Crippen LogP) is 7.25. The van der Waals surface area contributed by atoms with Crippen LogP contribution in [0.25, 0.3) is 10.9 Å². The molecule has 0 spiro atoms. The van der Waals surface area contributed by atoms with Crippen LogP contribution < -0.4 is 15.5 Å². The molecule has 2 N–H and O–H groups in total. The molecule has 42 heavy (non-hydrogen) atoms. The highest BCUT2D eigenvalue weighted by Gasteiger charge is 2.65. The Morgan fingerprint density at radius 3 is 2.50 bits per heavy atom. The van der Waals surface area contributed by atoms with Gasteiger partial charge in [-0.05, 0) is 49.6 Å². The number of hydrogen-bond acceptors (Lipinski definition) is 5. The van der Waals surface area contributed by atoms with E-state index in [0.717, 1.165) is 36.8 Å². The molecule has 1 fully saturated rings. The fourth-order valence-corrected chi connectivity index (χ4v) is 5.69. The Hall–Kier alpha value is -3.99. The Balaban J connectivity index is 1.60. The number of methoxy groups -OCH3 is 1. The lowest BCUT2D eigenvalue weighted by Gasteiger charge is -2.32. The fraction of sp³-hybridized carbons (Fsp3) is 0.355. The van der Waals surface area contributed by atoms with Gasteiger partial charge in [-0.3, -0.25) is 4.79 Å². The van der Waals surface area contributed by atoms with Crippen LogP contribution in [0.15, 0.2) is 53.5 Å². The molecule has 0 unspecified atom stereocenters. The number of halogens is 5. The van der Waals surface area contributed by atoms with Crippen LogP contribution in [0.5, 0.6) is 5.75 Å². The van der Waals surface area contributed by atoms with Gasteiger partial charge in [0.05, 0.1) is 18.0 Å². The van der Waals surface area contributed by atoms with E-state index in [0.29, 0.717) is 17.9 Å². The zero-order valence-corrected chi connectivity index (χ0v) is 23.6. The maximum atomic E-state index is 14.7. The van der Waals surface area contributed by atoms with Gasteiger partial charge in [0.2, 0.25) is 5.82 Å². The Bertz CT molecular complexity index is 1720. The van der Waals surface area contributed by atoms with Gasteiger partial charge in [-0.2, -0.15) is 17.6 Å². The summed E-state index contributed by atoms with van der Waals surface area (Å²) in [6, 6.07) is 10.7. The van der Waals surface area contributed by atoms with E-state index >= 15 is 0 Å². The maximum absolute atomic E-state index is 14.7. The first-order valence-corrected chi connectivity index (χ1v) is 13.3. The normalized spacial score (nSPS) is 22.5. The van der Waals surface area contributed by atoms with Gasteiger partial charge < -0.3 is 19.8 Å². The van der Waals surface area contributed by atoms with Crippen molar-refractivity contribution in [2.45, 2.75) is 58.0 Å². The van der Waals surface area contributed by atoms with Crippen LogP contribution >= 0.6 is 0 Å². The molecule has 0 radical (unpaired) electrons. The predicted molar refractivity (Wildman–Crippen MR) is 149 cm³/mol. The molecule has 0 saturated carbocycles. The third kappa shape index (κ3) is 4.89. The van der Waals surface area contributed by atoms with Crippen LogP contribution in [0.1, 0.15) is 53.8 Å². The van der Waals surface area contributed by atoms with Crippen LogP contribution in [-0.2, 0) is 11.3 Å². The van der Waals surface area contributed by atoms with Gasteiger partial charge >= 0.3 is 6.18 Å². The molecule has 1 aliphatic heterocycles. The molecular formula is C31H30F5N3O3. The number of aromatic nitrogens is 2. The fourth-order valence-electron chi connectivity index (χ4n) is 5.69. The van der Waals surface area contributed by atoms with E-state index < -0.39 is 52.5 Å². The Morgan fingerprint density at radius 2 is 1.83 bits per heavy atom. The second-order valence-corrected chi connectivity index (χ2v) is 10.9. The van der Waals surface area contributed by atoms with E-state index in [-0.39, 0.29) is 16.6 Å². The Labute approximate surface area is 238 Å². The summed E-state index contributed by atoms with van der Waals surface area (Å²) in [5, 5.41) is 3.40. The highest BCUT2D eigenvalue weighted by atomic mass is 19.4. The average molecular weight is 588 g/mol. The Kier molecular flexibility index (Phi) is 7.51. The number of aryl methyl sites for hydroxylation is 2. The first kappa shape index (κ1) is 29.5. The van der Waals surface area contributed by atoms with E-state index in [1.54, 1.807) is 0 Å². The first-order chi connectivity index (χ1) is 19.8. The van der Waals surface area contributed by atoms with Gasteiger partial charge in [-0.25, -0.2) is 9.37 Å². The number of anilines is 1. The number of H-pyrrole nitrogens is 1. The second-order valence-electron chi connectivity index (χ2n) is 10.9. The number of nitrogens with zero attached hydrogens (tertiary/aromatic N) is 1. The van der Waals surface area contributed by atoms with Crippen molar-refractivity contribution >= 4 is 16.7 Å². The number of rotatable bonds is 6. The standard InChI is InChI=1S/C31H30F5N3O3/c1-15-6-7-18(12-16(15)2)14-38-29-25-21(10-11-37-29)39-22(13-23(25)40)28-24(17(3)30(4,42-28)31(34,35)36)19-8-9-20(32)26(33)27(19)41-5/h6-13,17,24,28H,14H2,1-5H3,(H,37,38)(H,39,40)/t17-,24-,28-,30+/m0/s1. The van der Waals surface area contributed by atoms with E-state index in [9.17, 15) is 26.7 Å². The van der Waals surface area contributed by atoms with Crippen molar-refractivity contribution in [3.8, 4) is 5.75 Å². The van der Waals surface area contributed by atoms with Crippen molar-refractivity contribution in [3.05, 3.63) is 98.5 Å². The summed E-state index contributed by atoms with van der Waals surface area (Å²) in [5.41, 5.74) is 0.449. The number of alkyl halides is 3. The summed E-state index contributed by atoms with van der Waals surface area (Å²) < 4.78 is 82.7. The van der Waals surface area contributed by atoms with E-state index in [4.69, 9.17) is 9.47 Å². The molecule has 2 aromatic heterocycles. The third-order valence-corrected chi connectivity index (χ3v) is 8.41. The summed E-state index contributed by atoms with van der Waals surface area (Å²) >= 11 is 0. The van der Waals surface area contributed by atoms with Gasteiger partial charge in [0, 0.05) is 41.9 Å².